The second-order valence-corrected chi connectivity index (χ2v) is 9.38. The number of rotatable bonds is 4. The highest BCUT2D eigenvalue weighted by Crippen LogP contribution is 2.30. The third-order valence-electron chi connectivity index (χ3n) is 5.31. The molecule has 0 spiro atoms. The third-order valence-corrected chi connectivity index (χ3v) is 7.46. The monoisotopic (exact) mass is 469 g/mol. The zero-order valence-corrected chi connectivity index (χ0v) is 18.8. The van der Waals surface area contributed by atoms with Crippen molar-refractivity contribution < 1.29 is 14.3 Å². The highest BCUT2D eigenvalue weighted by Gasteiger charge is 2.22. The Labute approximate surface area is 190 Å². The van der Waals surface area contributed by atoms with Crippen LogP contribution >= 0.6 is 22.7 Å². The number of amides is 2. The van der Waals surface area contributed by atoms with Crippen molar-refractivity contribution in [3.05, 3.63) is 51.4 Å². The van der Waals surface area contributed by atoms with Crippen LogP contribution in [0.1, 0.15) is 15.2 Å². The summed E-state index contributed by atoms with van der Waals surface area (Å²) in [5.41, 5.74) is 1.04. The van der Waals surface area contributed by atoms with E-state index < -0.39 is 0 Å². The number of para-hydroxylation sites is 1. The van der Waals surface area contributed by atoms with Crippen molar-refractivity contribution in [3.8, 4) is 0 Å². The minimum absolute atomic E-state index is 0.0930. The van der Waals surface area contributed by atoms with Crippen LogP contribution in [0.15, 0.2) is 35.4 Å². The number of morpholine rings is 1. The van der Waals surface area contributed by atoms with E-state index in [0.717, 1.165) is 21.6 Å². The summed E-state index contributed by atoms with van der Waals surface area (Å²) in [6.45, 7) is 3.64. The van der Waals surface area contributed by atoms with E-state index in [-0.39, 0.29) is 23.9 Å². The van der Waals surface area contributed by atoms with Crippen molar-refractivity contribution in [2.24, 2.45) is 0 Å². The number of aromatic nitrogens is 3. The van der Waals surface area contributed by atoms with Gasteiger partial charge in [0.15, 0.2) is 5.13 Å². The van der Waals surface area contributed by atoms with Crippen molar-refractivity contribution in [2.45, 2.75) is 13.5 Å². The van der Waals surface area contributed by atoms with Crippen LogP contribution in [-0.2, 0) is 16.1 Å². The molecule has 1 aliphatic rings. The number of anilines is 1. The lowest BCUT2D eigenvalue weighted by atomic mass is 10.2. The normalized spacial score (nSPS) is 14.2. The number of thiazole rings is 1. The first kappa shape index (κ1) is 20.7. The van der Waals surface area contributed by atoms with Gasteiger partial charge in [-0.05, 0) is 24.6 Å². The summed E-state index contributed by atoms with van der Waals surface area (Å²) >= 11 is 2.54. The molecule has 0 saturated carbocycles. The first-order valence-electron chi connectivity index (χ1n) is 10.0. The lowest BCUT2D eigenvalue weighted by molar-refractivity contribution is -0.135. The molecule has 0 atom stereocenters. The zero-order chi connectivity index (χ0) is 22.2. The summed E-state index contributed by atoms with van der Waals surface area (Å²) in [6, 6.07) is 7.64. The standard InChI is InChI=1S/C21H19N5O4S2/c1-12-16-19(22-11-26(20(16)29)10-15(27)25-6-8-30-9-7-25)32-17(12)18(28)24-21-23-13-4-2-3-5-14(13)31-21/h2-5,11H,6-10H2,1H3,(H,23,24,28). The Morgan fingerprint density at radius 3 is 2.75 bits per heavy atom. The van der Waals surface area contributed by atoms with Gasteiger partial charge in [-0.15, -0.1) is 11.3 Å². The first-order valence-corrected chi connectivity index (χ1v) is 11.7. The predicted octanol–water partition coefficient (Wildman–Crippen LogP) is 2.49. The average Bonchev–Trinajstić information content (AvgIpc) is 3.36. The molecule has 1 aliphatic heterocycles. The molecule has 164 valence electrons. The van der Waals surface area contributed by atoms with Crippen LogP contribution in [0.2, 0.25) is 0 Å². The number of carbonyl (C=O) groups excluding carboxylic acids is 2. The van der Waals surface area contributed by atoms with E-state index in [9.17, 15) is 14.4 Å². The number of hydrogen-bond acceptors (Lipinski definition) is 8. The second kappa shape index (κ2) is 8.41. The Bertz CT molecular complexity index is 1370. The number of aryl methyl sites for hydroxylation is 1. The maximum absolute atomic E-state index is 13.1. The van der Waals surface area contributed by atoms with E-state index >= 15 is 0 Å². The summed E-state index contributed by atoms with van der Waals surface area (Å²) in [7, 11) is 0. The van der Waals surface area contributed by atoms with Gasteiger partial charge in [0.2, 0.25) is 5.91 Å². The SMILES string of the molecule is Cc1c(C(=O)Nc2nc3ccccc3s2)sc2ncn(CC(=O)N3CCOCC3)c(=O)c12. The molecule has 3 aromatic heterocycles. The summed E-state index contributed by atoms with van der Waals surface area (Å²) in [6.07, 6.45) is 1.37. The van der Waals surface area contributed by atoms with Gasteiger partial charge in [0.25, 0.3) is 11.5 Å². The summed E-state index contributed by atoms with van der Waals surface area (Å²) in [5, 5.41) is 3.69. The molecule has 11 heteroatoms. The topological polar surface area (TPSA) is 106 Å². The quantitative estimate of drug-likeness (QED) is 0.492. The minimum Gasteiger partial charge on any atom is -0.378 e. The van der Waals surface area contributed by atoms with Crippen molar-refractivity contribution >= 4 is 60.1 Å². The maximum atomic E-state index is 13.1. The van der Waals surface area contributed by atoms with Crippen molar-refractivity contribution in [3.63, 3.8) is 0 Å². The van der Waals surface area contributed by atoms with Crippen molar-refractivity contribution in [1.29, 1.82) is 0 Å². The van der Waals surface area contributed by atoms with Gasteiger partial charge in [0.05, 0.1) is 40.0 Å². The molecule has 0 aliphatic carbocycles. The fourth-order valence-corrected chi connectivity index (χ4v) is 5.52. The van der Waals surface area contributed by atoms with Crippen LogP contribution in [0.25, 0.3) is 20.4 Å². The number of carbonyl (C=O) groups is 2. The summed E-state index contributed by atoms with van der Waals surface area (Å²) < 4.78 is 7.54. The van der Waals surface area contributed by atoms with E-state index in [1.54, 1.807) is 11.8 Å². The van der Waals surface area contributed by atoms with Crippen LogP contribution in [0, 0.1) is 6.92 Å². The molecule has 32 heavy (non-hydrogen) atoms. The molecule has 1 saturated heterocycles. The van der Waals surface area contributed by atoms with E-state index in [1.807, 2.05) is 24.3 Å². The molecular formula is C21H19N5O4S2. The number of hydrogen-bond donors (Lipinski definition) is 1. The molecule has 4 heterocycles. The summed E-state index contributed by atoms with van der Waals surface area (Å²) in [4.78, 5) is 49.9. The summed E-state index contributed by atoms with van der Waals surface area (Å²) in [5.74, 6) is -0.488. The van der Waals surface area contributed by atoms with Crippen LogP contribution in [0.5, 0.6) is 0 Å². The number of fused-ring (bicyclic) bond motifs is 2. The van der Waals surface area contributed by atoms with Gasteiger partial charge in [-0.25, -0.2) is 9.97 Å². The fraction of sp³-hybridized carbons (Fsp3) is 0.286. The van der Waals surface area contributed by atoms with Crippen molar-refractivity contribution in [1.82, 2.24) is 19.4 Å². The van der Waals surface area contributed by atoms with Gasteiger partial charge in [-0.1, -0.05) is 23.5 Å². The van der Waals surface area contributed by atoms with Crippen LogP contribution in [-0.4, -0.2) is 57.6 Å². The van der Waals surface area contributed by atoms with Gasteiger partial charge >= 0.3 is 0 Å². The van der Waals surface area contributed by atoms with Gasteiger partial charge in [0.1, 0.15) is 11.4 Å². The number of nitrogens with zero attached hydrogens (tertiary/aromatic N) is 4. The van der Waals surface area contributed by atoms with Crippen LogP contribution < -0.4 is 10.9 Å². The number of nitrogens with one attached hydrogen (secondary N) is 1. The fourth-order valence-electron chi connectivity index (χ4n) is 3.63. The lowest BCUT2D eigenvalue weighted by Crippen LogP contribution is -2.43. The number of ether oxygens (including phenoxy) is 1. The Hall–Kier alpha value is -3.15. The van der Waals surface area contributed by atoms with E-state index in [1.165, 1.54) is 22.2 Å². The molecule has 4 aromatic rings. The third kappa shape index (κ3) is 3.78. The zero-order valence-electron chi connectivity index (χ0n) is 17.2. The Balaban J connectivity index is 1.41. The molecular weight excluding hydrogens is 450 g/mol. The van der Waals surface area contributed by atoms with Gasteiger partial charge in [-0.2, -0.15) is 0 Å². The molecule has 1 N–H and O–H groups in total. The van der Waals surface area contributed by atoms with Gasteiger partial charge in [-0.3, -0.25) is 24.3 Å². The highest BCUT2D eigenvalue weighted by atomic mass is 32.1. The maximum Gasteiger partial charge on any atom is 0.267 e. The molecule has 0 unspecified atom stereocenters. The molecule has 1 fully saturated rings. The molecule has 1 aromatic carbocycles. The van der Waals surface area contributed by atoms with E-state index in [4.69, 9.17) is 4.74 Å². The predicted molar refractivity (Wildman–Crippen MR) is 124 cm³/mol. The van der Waals surface area contributed by atoms with Crippen molar-refractivity contribution in [2.75, 3.05) is 31.6 Å². The minimum atomic E-state index is -0.333. The largest absolute Gasteiger partial charge is 0.378 e. The number of thiophene rings is 1. The second-order valence-electron chi connectivity index (χ2n) is 7.35. The smallest absolute Gasteiger partial charge is 0.267 e. The van der Waals surface area contributed by atoms with Gasteiger partial charge < -0.3 is 9.64 Å². The van der Waals surface area contributed by atoms with Crippen LogP contribution in [0.4, 0.5) is 5.13 Å². The molecule has 0 bridgehead atoms. The Morgan fingerprint density at radius 2 is 1.97 bits per heavy atom. The average molecular weight is 470 g/mol. The Kier molecular flexibility index (Phi) is 5.45. The lowest BCUT2D eigenvalue weighted by Gasteiger charge is -2.26. The Morgan fingerprint density at radius 1 is 1.19 bits per heavy atom. The van der Waals surface area contributed by atoms with E-state index in [2.05, 4.69) is 15.3 Å². The number of benzene rings is 1. The first-order chi connectivity index (χ1) is 15.5. The molecule has 2 amide bonds. The molecule has 5 rings (SSSR count). The molecule has 9 nitrogen and oxygen atoms in total. The van der Waals surface area contributed by atoms with Gasteiger partial charge in [0, 0.05) is 13.1 Å². The van der Waals surface area contributed by atoms with E-state index in [0.29, 0.717) is 52.1 Å². The molecule has 0 radical (unpaired) electrons. The highest BCUT2D eigenvalue weighted by molar-refractivity contribution is 7.23. The van der Waals surface area contributed by atoms with Crippen LogP contribution in [0.3, 0.4) is 0 Å².